The third-order valence-corrected chi connectivity index (χ3v) is 4.72. The first-order chi connectivity index (χ1) is 12.1. The number of hydrogen-bond acceptors (Lipinski definition) is 6. The minimum absolute atomic E-state index is 0.0632. The number of hydrogen-bond donors (Lipinski definition) is 1. The average Bonchev–Trinajstić information content (AvgIpc) is 3.30. The molecular formula is C17H20N6O2. The van der Waals surface area contributed by atoms with E-state index >= 15 is 0 Å². The van der Waals surface area contributed by atoms with E-state index in [4.69, 9.17) is 4.42 Å². The largest absolute Gasteiger partial charge is 0.459 e. The number of fused-ring (bicyclic) bond motifs is 1. The first kappa shape index (κ1) is 15.6. The van der Waals surface area contributed by atoms with E-state index in [0.717, 1.165) is 36.3 Å². The van der Waals surface area contributed by atoms with Gasteiger partial charge < -0.3 is 14.6 Å². The fourth-order valence-corrected chi connectivity index (χ4v) is 3.27. The smallest absolute Gasteiger partial charge is 0.289 e. The Bertz CT molecular complexity index is 901. The molecule has 1 atom stereocenters. The number of nitrogens with zero attached hydrogens (tertiary/aromatic N) is 5. The zero-order valence-corrected chi connectivity index (χ0v) is 14.3. The number of nitrogens with one attached hydrogen (secondary N) is 1. The van der Waals surface area contributed by atoms with Gasteiger partial charge in [-0.2, -0.15) is 9.61 Å². The van der Waals surface area contributed by atoms with E-state index in [1.807, 2.05) is 18.7 Å². The van der Waals surface area contributed by atoms with Gasteiger partial charge in [0.2, 0.25) is 5.65 Å². The number of likely N-dealkylation sites (tertiary alicyclic amines) is 1. The van der Waals surface area contributed by atoms with Gasteiger partial charge in [0.25, 0.3) is 5.91 Å². The predicted octanol–water partition coefficient (Wildman–Crippen LogP) is 2.05. The van der Waals surface area contributed by atoms with Crippen molar-refractivity contribution >= 4 is 17.2 Å². The molecule has 0 bridgehead atoms. The second-order valence-electron chi connectivity index (χ2n) is 6.40. The molecule has 4 heterocycles. The van der Waals surface area contributed by atoms with Crippen LogP contribution in [0.3, 0.4) is 0 Å². The minimum atomic E-state index is -0.0632. The number of furan rings is 1. The molecule has 130 valence electrons. The van der Waals surface area contributed by atoms with Gasteiger partial charge in [0, 0.05) is 19.1 Å². The zero-order chi connectivity index (χ0) is 17.4. The number of carbonyl (C=O) groups is 1. The van der Waals surface area contributed by atoms with E-state index in [9.17, 15) is 4.79 Å². The molecule has 4 rings (SSSR count). The summed E-state index contributed by atoms with van der Waals surface area (Å²) in [5.74, 6) is 0.322. The lowest BCUT2D eigenvalue weighted by molar-refractivity contribution is 0.0682. The Labute approximate surface area is 144 Å². The number of aromatic nitrogens is 4. The van der Waals surface area contributed by atoms with E-state index in [-0.39, 0.29) is 11.9 Å². The van der Waals surface area contributed by atoms with Crippen molar-refractivity contribution in [2.75, 3.05) is 18.4 Å². The molecule has 0 saturated carbocycles. The van der Waals surface area contributed by atoms with E-state index in [0.29, 0.717) is 18.0 Å². The molecule has 8 nitrogen and oxygen atoms in total. The van der Waals surface area contributed by atoms with Gasteiger partial charge in [0.1, 0.15) is 6.33 Å². The summed E-state index contributed by atoms with van der Waals surface area (Å²) in [4.78, 5) is 14.4. The molecule has 1 unspecified atom stereocenters. The molecule has 1 N–H and O–H groups in total. The van der Waals surface area contributed by atoms with Gasteiger partial charge >= 0.3 is 0 Å². The second-order valence-corrected chi connectivity index (χ2v) is 6.40. The van der Waals surface area contributed by atoms with Crippen molar-refractivity contribution in [1.29, 1.82) is 0 Å². The maximum absolute atomic E-state index is 12.5. The van der Waals surface area contributed by atoms with Crippen molar-refractivity contribution < 1.29 is 9.21 Å². The summed E-state index contributed by atoms with van der Waals surface area (Å²) in [5, 5.41) is 16.1. The van der Waals surface area contributed by atoms with Crippen molar-refractivity contribution in [3.8, 4) is 0 Å². The van der Waals surface area contributed by atoms with Crippen molar-refractivity contribution in [1.82, 2.24) is 24.7 Å². The molecule has 1 fully saturated rings. The first-order valence-corrected chi connectivity index (χ1v) is 8.40. The normalized spacial score (nSPS) is 17.8. The maximum atomic E-state index is 12.5. The van der Waals surface area contributed by atoms with Gasteiger partial charge in [0.05, 0.1) is 17.6 Å². The van der Waals surface area contributed by atoms with Crippen LogP contribution in [0.1, 0.15) is 34.7 Å². The number of anilines is 1. The molecule has 1 amide bonds. The Kier molecular flexibility index (Phi) is 3.87. The topological polar surface area (TPSA) is 88.6 Å². The first-order valence-electron chi connectivity index (χ1n) is 8.40. The van der Waals surface area contributed by atoms with Crippen molar-refractivity contribution in [3.63, 3.8) is 0 Å². The van der Waals surface area contributed by atoms with Crippen LogP contribution in [0.5, 0.6) is 0 Å². The SMILES string of the molecule is Cc1nn2cnnc2c(NC2CCCN(C(=O)c3ccco3)C2)c1C. The van der Waals surface area contributed by atoms with E-state index in [1.54, 1.807) is 23.0 Å². The summed E-state index contributed by atoms with van der Waals surface area (Å²) in [6.07, 6.45) is 5.05. The summed E-state index contributed by atoms with van der Waals surface area (Å²) >= 11 is 0. The van der Waals surface area contributed by atoms with Crippen LogP contribution in [-0.4, -0.2) is 49.7 Å². The van der Waals surface area contributed by atoms with Gasteiger partial charge in [0.15, 0.2) is 5.76 Å². The highest BCUT2D eigenvalue weighted by molar-refractivity contribution is 5.91. The van der Waals surface area contributed by atoms with Crippen LogP contribution in [-0.2, 0) is 0 Å². The number of piperidine rings is 1. The molecular weight excluding hydrogens is 320 g/mol. The molecule has 25 heavy (non-hydrogen) atoms. The van der Waals surface area contributed by atoms with Crippen molar-refractivity contribution in [3.05, 3.63) is 41.7 Å². The Morgan fingerprint density at radius 2 is 2.28 bits per heavy atom. The van der Waals surface area contributed by atoms with Crippen LogP contribution in [0.2, 0.25) is 0 Å². The highest BCUT2D eigenvalue weighted by Gasteiger charge is 2.27. The number of amides is 1. The van der Waals surface area contributed by atoms with Gasteiger partial charge in [-0.05, 0) is 44.4 Å². The summed E-state index contributed by atoms with van der Waals surface area (Å²) in [7, 11) is 0. The van der Waals surface area contributed by atoms with Gasteiger partial charge in [-0.15, -0.1) is 10.2 Å². The lowest BCUT2D eigenvalue weighted by Crippen LogP contribution is -2.45. The van der Waals surface area contributed by atoms with Gasteiger partial charge in [-0.1, -0.05) is 0 Å². The Balaban J connectivity index is 1.56. The number of aryl methyl sites for hydroxylation is 1. The van der Waals surface area contributed by atoms with Gasteiger partial charge in [-0.25, -0.2) is 0 Å². The Morgan fingerprint density at radius 1 is 1.40 bits per heavy atom. The van der Waals surface area contributed by atoms with Crippen molar-refractivity contribution in [2.24, 2.45) is 0 Å². The Morgan fingerprint density at radius 3 is 3.08 bits per heavy atom. The molecule has 3 aromatic rings. The molecule has 1 aliphatic heterocycles. The average molecular weight is 340 g/mol. The highest BCUT2D eigenvalue weighted by Crippen LogP contribution is 2.25. The quantitative estimate of drug-likeness (QED) is 0.785. The van der Waals surface area contributed by atoms with E-state index in [2.05, 4.69) is 20.6 Å². The van der Waals surface area contributed by atoms with Crippen LogP contribution < -0.4 is 5.32 Å². The van der Waals surface area contributed by atoms with Crippen LogP contribution in [0.4, 0.5) is 5.69 Å². The zero-order valence-electron chi connectivity index (χ0n) is 14.3. The molecule has 0 aromatic carbocycles. The molecule has 1 aliphatic rings. The summed E-state index contributed by atoms with van der Waals surface area (Å²) in [6.45, 7) is 5.36. The molecule has 0 aliphatic carbocycles. The number of rotatable bonds is 3. The highest BCUT2D eigenvalue weighted by atomic mass is 16.3. The predicted molar refractivity (Wildman–Crippen MR) is 91.5 cm³/mol. The van der Waals surface area contributed by atoms with Crippen molar-refractivity contribution in [2.45, 2.75) is 32.7 Å². The Hall–Kier alpha value is -2.90. The van der Waals surface area contributed by atoms with Gasteiger partial charge in [-0.3, -0.25) is 4.79 Å². The minimum Gasteiger partial charge on any atom is -0.459 e. The molecule has 0 radical (unpaired) electrons. The monoisotopic (exact) mass is 340 g/mol. The lowest BCUT2D eigenvalue weighted by Gasteiger charge is -2.33. The number of carbonyl (C=O) groups excluding carboxylic acids is 1. The fraction of sp³-hybridized carbons (Fsp3) is 0.412. The van der Waals surface area contributed by atoms with E-state index < -0.39 is 0 Å². The van der Waals surface area contributed by atoms with Crippen LogP contribution in [0.25, 0.3) is 5.65 Å². The third kappa shape index (κ3) is 2.84. The molecule has 8 heteroatoms. The summed E-state index contributed by atoms with van der Waals surface area (Å²) < 4.78 is 6.92. The lowest BCUT2D eigenvalue weighted by atomic mass is 10.0. The molecule has 3 aromatic heterocycles. The summed E-state index contributed by atoms with van der Waals surface area (Å²) in [5.41, 5.74) is 3.61. The van der Waals surface area contributed by atoms with Crippen LogP contribution in [0, 0.1) is 13.8 Å². The molecule has 0 spiro atoms. The fourth-order valence-electron chi connectivity index (χ4n) is 3.27. The van der Waals surface area contributed by atoms with E-state index in [1.165, 1.54) is 6.26 Å². The maximum Gasteiger partial charge on any atom is 0.289 e. The third-order valence-electron chi connectivity index (χ3n) is 4.72. The standard InChI is InChI=1S/C17H20N6O2/c1-11-12(2)21-23-10-18-20-16(23)15(11)19-13-5-3-7-22(9-13)17(24)14-6-4-8-25-14/h4,6,8,10,13,19H,3,5,7,9H2,1-2H3. The van der Waals surface area contributed by atoms with Crippen LogP contribution in [0.15, 0.2) is 29.1 Å². The molecule has 1 saturated heterocycles. The van der Waals surface area contributed by atoms with Crippen LogP contribution >= 0.6 is 0 Å². The summed E-state index contributed by atoms with van der Waals surface area (Å²) in [6, 6.07) is 3.58. The second kappa shape index (κ2) is 6.19.